The summed E-state index contributed by atoms with van der Waals surface area (Å²) in [4.78, 5) is 4.26. The van der Waals surface area contributed by atoms with Gasteiger partial charge in [-0.25, -0.2) is 4.98 Å². The molecule has 0 amide bonds. The summed E-state index contributed by atoms with van der Waals surface area (Å²) < 4.78 is 1.10. The van der Waals surface area contributed by atoms with Crippen LogP contribution in [-0.4, -0.2) is 22.5 Å². The molecule has 13 heavy (non-hydrogen) atoms. The molecule has 1 aliphatic heterocycles. The van der Waals surface area contributed by atoms with Crippen LogP contribution in [0, 0.1) is 0 Å². The van der Waals surface area contributed by atoms with Crippen LogP contribution in [0.15, 0.2) is 9.98 Å². The molecule has 1 aromatic heterocycles. The number of rotatable bonds is 2. The minimum absolute atomic E-state index is 0.622. The Kier molecular flexibility index (Phi) is 3.51. The van der Waals surface area contributed by atoms with E-state index >= 15 is 0 Å². The highest BCUT2D eigenvalue weighted by Gasteiger charge is 2.14. The van der Waals surface area contributed by atoms with Crippen molar-refractivity contribution in [2.45, 2.75) is 18.9 Å². The first-order chi connectivity index (χ1) is 6.34. The molecule has 0 aromatic carbocycles. The van der Waals surface area contributed by atoms with E-state index in [1.807, 2.05) is 18.0 Å². The number of anilines is 1. The van der Waals surface area contributed by atoms with E-state index in [1.54, 1.807) is 11.3 Å². The van der Waals surface area contributed by atoms with E-state index < -0.39 is 0 Å². The third-order valence-corrected chi connectivity index (χ3v) is 4.59. The number of hydrogen-bond donors (Lipinski definition) is 1. The number of thioether (sulfide) groups is 1. The Labute approximate surface area is 94.7 Å². The SMILES string of the molecule is Brc1cnc(NC2CCCSC2)s1. The number of aromatic nitrogens is 1. The molecule has 0 saturated carbocycles. The molecule has 0 spiro atoms. The summed E-state index contributed by atoms with van der Waals surface area (Å²) in [5.74, 6) is 2.54. The van der Waals surface area contributed by atoms with Gasteiger partial charge >= 0.3 is 0 Å². The molecule has 1 aliphatic rings. The molecule has 1 fully saturated rings. The molecule has 2 rings (SSSR count). The quantitative estimate of drug-likeness (QED) is 0.899. The highest BCUT2D eigenvalue weighted by Crippen LogP contribution is 2.26. The maximum atomic E-state index is 4.26. The first-order valence-corrected chi connectivity index (χ1v) is 7.06. The van der Waals surface area contributed by atoms with Gasteiger partial charge in [0.2, 0.25) is 0 Å². The van der Waals surface area contributed by atoms with Gasteiger partial charge in [0.05, 0.1) is 9.98 Å². The van der Waals surface area contributed by atoms with E-state index in [0.717, 1.165) is 8.92 Å². The van der Waals surface area contributed by atoms with Crippen molar-refractivity contribution in [3.63, 3.8) is 0 Å². The van der Waals surface area contributed by atoms with Gasteiger partial charge in [-0.15, -0.1) is 0 Å². The molecule has 5 heteroatoms. The van der Waals surface area contributed by atoms with Crippen molar-refractivity contribution < 1.29 is 0 Å². The third-order valence-electron chi connectivity index (χ3n) is 1.97. The predicted molar refractivity (Wildman–Crippen MR) is 63.8 cm³/mol. The zero-order valence-electron chi connectivity index (χ0n) is 7.12. The summed E-state index contributed by atoms with van der Waals surface area (Å²) in [5, 5.41) is 4.50. The maximum absolute atomic E-state index is 4.26. The topological polar surface area (TPSA) is 24.9 Å². The highest BCUT2D eigenvalue weighted by molar-refractivity contribution is 9.11. The van der Waals surface area contributed by atoms with E-state index in [-0.39, 0.29) is 0 Å². The van der Waals surface area contributed by atoms with Crippen LogP contribution in [0.3, 0.4) is 0 Å². The molecule has 1 saturated heterocycles. The van der Waals surface area contributed by atoms with Crippen molar-refractivity contribution >= 4 is 44.2 Å². The zero-order valence-corrected chi connectivity index (χ0v) is 10.3. The molecule has 72 valence electrons. The number of halogens is 1. The standard InChI is InChI=1S/C8H11BrN2S2/c9-7-4-10-8(13-7)11-6-2-1-3-12-5-6/h4,6H,1-3,5H2,(H,10,11). The fourth-order valence-electron chi connectivity index (χ4n) is 1.35. The van der Waals surface area contributed by atoms with Gasteiger partial charge in [-0.1, -0.05) is 11.3 Å². The summed E-state index contributed by atoms with van der Waals surface area (Å²) in [6.07, 6.45) is 4.46. The number of nitrogens with one attached hydrogen (secondary N) is 1. The molecule has 2 heterocycles. The Morgan fingerprint density at radius 2 is 2.54 bits per heavy atom. The normalized spacial score (nSPS) is 23.0. The minimum Gasteiger partial charge on any atom is -0.358 e. The van der Waals surface area contributed by atoms with Gasteiger partial charge in [0.15, 0.2) is 5.13 Å². The fourth-order valence-corrected chi connectivity index (χ4v) is 3.61. The molecule has 0 radical (unpaired) electrons. The van der Waals surface area contributed by atoms with Crippen LogP contribution in [0.5, 0.6) is 0 Å². The largest absolute Gasteiger partial charge is 0.358 e. The van der Waals surface area contributed by atoms with E-state index in [0.29, 0.717) is 6.04 Å². The van der Waals surface area contributed by atoms with Gasteiger partial charge in [-0.05, 0) is 34.5 Å². The van der Waals surface area contributed by atoms with Crippen molar-refractivity contribution in [2.75, 3.05) is 16.8 Å². The average molecular weight is 279 g/mol. The maximum Gasteiger partial charge on any atom is 0.183 e. The van der Waals surface area contributed by atoms with Crippen LogP contribution >= 0.6 is 39.0 Å². The lowest BCUT2D eigenvalue weighted by molar-refractivity contribution is 0.684. The molecule has 1 aromatic rings. The Hall–Kier alpha value is 0.260. The van der Waals surface area contributed by atoms with Gasteiger partial charge in [0.1, 0.15) is 0 Å². The van der Waals surface area contributed by atoms with Crippen LogP contribution in [0.1, 0.15) is 12.8 Å². The van der Waals surface area contributed by atoms with Gasteiger partial charge in [0.25, 0.3) is 0 Å². The van der Waals surface area contributed by atoms with E-state index in [1.165, 1.54) is 24.3 Å². The smallest absolute Gasteiger partial charge is 0.183 e. The van der Waals surface area contributed by atoms with E-state index in [9.17, 15) is 0 Å². The molecule has 0 bridgehead atoms. The van der Waals surface area contributed by atoms with Gasteiger partial charge in [-0.3, -0.25) is 0 Å². The molecular weight excluding hydrogens is 268 g/mol. The van der Waals surface area contributed by atoms with Crippen molar-refractivity contribution in [3.05, 3.63) is 9.98 Å². The Bertz CT molecular complexity index is 271. The second kappa shape index (κ2) is 4.66. The minimum atomic E-state index is 0.622. The van der Waals surface area contributed by atoms with Crippen molar-refractivity contribution in [3.8, 4) is 0 Å². The zero-order chi connectivity index (χ0) is 9.10. The van der Waals surface area contributed by atoms with Crippen LogP contribution in [0.2, 0.25) is 0 Å². The molecule has 0 aliphatic carbocycles. The lowest BCUT2D eigenvalue weighted by atomic mass is 10.2. The van der Waals surface area contributed by atoms with Crippen LogP contribution in [-0.2, 0) is 0 Å². The van der Waals surface area contributed by atoms with Crippen LogP contribution in [0.4, 0.5) is 5.13 Å². The van der Waals surface area contributed by atoms with Crippen LogP contribution in [0.25, 0.3) is 0 Å². The van der Waals surface area contributed by atoms with Gasteiger partial charge in [0, 0.05) is 11.8 Å². The second-order valence-electron chi connectivity index (χ2n) is 3.03. The lowest BCUT2D eigenvalue weighted by Gasteiger charge is -2.21. The van der Waals surface area contributed by atoms with Crippen molar-refractivity contribution in [1.29, 1.82) is 0 Å². The Morgan fingerprint density at radius 3 is 3.15 bits per heavy atom. The molecule has 2 nitrogen and oxygen atoms in total. The average Bonchev–Trinajstić information content (AvgIpc) is 2.53. The lowest BCUT2D eigenvalue weighted by Crippen LogP contribution is -2.25. The molecular formula is C8H11BrN2S2. The van der Waals surface area contributed by atoms with Gasteiger partial charge in [-0.2, -0.15) is 11.8 Å². The number of nitrogens with zero attached hydrogens (tertiary/aromatic N) is 1. The first kappa shape index (κ1) is 9.80. The summed E-state index contributed by atoms with van der Waals surface area (Å²) in [7, 11) is 0. The summed E-state index contributed by atoms with van der Waals surface area (Å²) in [5.41, 5.74) is 0. The molecule has 1 unspecified atom stereocenters. The fraction of sp³-hybridized carbons (Fsp3) is 0.625. The monoisotopic (exact) mass is 278 g/mol. The first-order valence-electron chi connectivity index (χ1n) is 4.30. The van der Waals surface area contributed by atoms with Crippen molar-refractivity contribution in [2.24, 2.45) is 0 Å². The van der Waals surface area contributed by atoms with E-state index in [2.05, 4.69) is 26.2 Å². The van der Waals surface area contributed by atoms with E-state index in [4.69, 9.17) is 0 Å². The highest BCUT2D eigenvalue weighted by atomic mass is 79.9. The molecule has 1 atom stereocenters. The summed E-state index contributed by atoms with van der Waals surface area (Å²) >= 11 is 7.11. The number of thiazole rings is 1. The number of hydrogen-bond acceptors (Lipinski definition) is 4. The van der Waals surface area contributed by atoms with Crippen molar-refractivity contribution in [1.82, 2.24) is 4.98 Å². The summed E-state index contributed by atoms with van der Waals surface area (Å²) in [6, 6.07) is 0.622. The van der Waals surface area contributed by atoms with Crippen LogP contribution < -0.4 is 5.32 Å². The third kappa shape index (κ3) is 2.86. The Morgan fingerprint density at radius 1 is 1.62 bits per heavy atom. The molecule has 1 N–H and O–H groups in total. The van der Waals surface area contributed by atoms with Gasteiger partial charge < -0.3 is 5.32 Å². The summed E-state index contributed by atoms with van der Waals surface area (Å²) in [6.45, 7) is 0. The second-order valence-corrected chi connectivity index (χ2v) is 6.59. The Balaban J connectivity index is 1.89. The predicted octanol–water partition coefficient (Wildman–Crippen LogP) is 3.21.